The molecule has 0 aliphatic carbocycles. The maximum Gasteiger partial charge on any atom is 0.317 e. The van der Waals surface area contributed by atoms with Crippen LogP contribution in [0.5, 0.6) is 0 Å². The number of hydrogen-bond donors (Lipinski definition) is 0. The average molecular weight is 217 g/mol. The Kier molecular flexibility index (Phi) is 3.95. The molecule has 0 aromatic rings. The van der Waals surface area contributed by atoms with E-state index >= 15 is 0 Å². The summed E-state index contributed by atoms with van der Waals surface area (Å²) < 4.78 is 6.63. The van der Waals surface area contributed by atoms with E-state index in [0.29, 0.717) is 13.1 Å². The van der Waals surface area contributed by atoms with Crippen LogP contribution in [0, 0.1) is 11.8 Å². The molecule has 0 aromatic heterocycles. The lowest BCUT2D eigenvalue weighted by Crippen LogP contribution is -2.46. The highest BCUT2D eigenvalue weighted by Gasteiger charge is 2.37. The van der Waals surface area contributed by atoms with Crippen molar-refractivity contribution in [3.05, 3.63) is 0 Å². The molecular weight excluding hydrogens is 202 g/mol. The zero-order valence-electron chi connectivity index (χ0n) is 8.65. The maximum atomic E-state index is 11.7. The molecule has 1 heterocycles. The summed E-state index contributed by atoms with van der Waals surface area (Å²) in [4.78, 5) is 23.0. The molecule has 4 nitrogen and oxygen atoms in total. The maximum absolute atomic E-state index is 11.7. The average Bonchev–Trinajstić information content (AvgIpc) is 2.20. The predicted octanol–water partition coefficient (Wildman–Crippen LogP) is 0.574. The van der Waals surface area contributed by atoms with Crippen LogP contribution in [0.1, 0.15) is 6.92 Å². The van der Waals surface area contributed by atoms with E-state index in [4.69, 9.17) is 0 Å². The SMILES string of the molecule is COC(=O)C1CN(SC)CC(C)C1=O. The van der Waals surface area contributed by atoms with E-state index in [1.807, 2.05) is 17.5 Å². The van der Waals surface area contributed by atoms with Crippen molar-refractivity contribution in [2.24, 2.45) is 11.8 Å². The number of carbonyl (C=O) groups excluding carboxylic acids is 2. The third kappa shape index (κ3) is 2.27. The van der Waals surface area contributed by atoms with Crippen LogP contribution in [0.3, 0.4) is 0 Å². The fraction of sp³-hybridized carbons (Fsp3) is 0.778. The summed E-state index contributed by atoms with van der Waals surface area (Å²) in [5.74, 6) is -1.10. The monoisotopic (exact) mass is 217 g/mol. The van der Waals surface area contributed by atoms with E-state index < -0.39 is 11.9 Å². The molecule has 0 spiro atoms. The van der Waals surface area contributed by atoms with Crippen molar-refractivity contribution in [1.82, 2.24) is 4.31 Å². The number of carbonyl (C=O) groups is 2. The predicted molar refractivity (Wildman–Crippen MR) is 54.8 cm³/mol. The molecule has 0 radical (unpaired) electrons. The van der Waals surface area contributed by atoms with E-state index in [1.165, 1.54) is 7.11 Å². The van der Waals surface area contributed by atoms with Gasteiger partial charge in [-0.1, -0.05) is 18.9 Å². The second-order valence-electron chi connectivity index (χ2n) is 3.41. The number of nitrogens with zero attached hydrogens (tertiary/aromatic N) is 1. The number of Topliss-reactive ketones (excluding diaryl/α,β-unsaturated/α-hetero) is 1. The fourth-order valence-electron chi connectivity index (χ4n) is 1.59. The van der Waals surface area contributed by atoms with Crippen LogP contribution >= 0.6 is 11.9 Å². The molecule has 1 saturated heterocycles. The molecular formula is C9H15NO3S. The van der Waals surface area contributed by atoms with Crippen molar-refractivity contribution in [3.8, 4) is 0 Å². The first-order chi connectivity index (χ1) is 6.60. The van der Waals surface area contributed by atoms with Crippen LogP contribution in [0.15, 0.2) is 0 Å². The first-order valence-electron chi connectivity index (χ1n) is 4.50. The quantitative estimate of drug-likeness (QED) is 0.384. The molecule has 0 bridgehead atoms. The number of hydrogen-bond acceptors (Lipinski definition) is 5. The first kappa shape index (κ1) is 11.5. The van der Waals surface area contributed by atoms with Crippen molar-refractivity contribution >= 4 is 23.7 Å². The Hall–Kier alpha value is -0.550. The van der Waals surface area contributed by atoms with E-state index in [0.717, 1.165) is 0 Å². The first-order valence-corrected chi connectivity index (χ1v) is 5.69. The van der Waals surface area contributed by atoms with Crippen LogP contribution in [-0.4, -0.2) is 42.5 Å². The van der Waals surface area contributed by atoms with Gasteiger partial charge in [-0.25, -0.2) is 4.31 Å². The van der Waals surface area contributed by atoms with Crippen molar-refractivity contribution in [3.63, 3.8) is 0 Å². The third-order valence-electron chi connectivity index (χ3n) is 2.44. The van der Waals surface area contributed by atoms with Gasteiger partial charge >= 0.3 is 5.97 Å². The number of ether oxygens (including phenoxy) is 1. The molecule has 2 atom stereocenters. The Morgan fingerprint density at radius 2 is 2.21 bits per heavy atom. The molecule has 2 unspecified atom stereocenters. The molecule has 1 rings (SSSR count). The van der Waals surface area contributed by atoms with E-state index in [9.17, 15) is 9.59 Å². The van der Waals surface area contributed by atoms with Crippen LogP contribution in [0.2, 0.25) is 0 Å². The smallest absolute Gasteiger partial charge is 0.317 e. The Morgan fingerprint density at radius 1 is 1.57 bits per heavy atom. The molecule has 80 valence electrons. The molecule has 0 aromatic carbocycles. The zero-order chi connectivity index (χ0) is 10.7. The molecule has 0 amide bonds. The van der Waals surface area contributed by atoms with Gasteiger partial charge in [0, 0.05) is 19.0 Å². The number of piperidine rings is 1. The largest absolute Gasteiger partial charge is 0.468 e. The van der Waals surface area contributed by atoms with Crippen molar-refractivity contribution < 1.29 is 14.3 Å². The Labute approximate surface area is 88.1 Å². The molecule has 1 aliphatic rings. The van der Waals surface area contributed by atoms with E-state index in [-0.39, 0.29) is 11.7 Å². The lowest BCUT2D eigenvalue weighted by atomic mass is 9.90. The van der Waals surface area contributed by atoms with Crippen LogP contribution in [0.4, 0.5) is 0 Å². The second kappa shape index (κ2) is 4.79. The van der Waals surface area contributed by atoms with Gasteiger partial charge in [-0.3, -0.25) is 9.59 Å². The summed E-state index contributed by atoms with van der Waals surface area (Å²) in [5, 5.41) is 0. The topological polar surface area (TPSA) is 46.6 Å². The molecule has 1 fully saturated rings. The minimum Gasteiger partial charge on any atom is -0.468 e. The number of rotatable bonds is 2. The van der Waals surface area contributed by atoms with Gasteiger partial charge in [0.1, 0.15) is 5.92 Å². The summed E-state index contributed by atoms with van der Waals surface area (Å²) in [7, 11) is 1.32. The number of methoxy groups -OCH3 is 1. The standard InChI is InChI=1S/C9H15NO3S/c1-6-4-10(14-3)5-7(8(6)11)9(12)13-2/h6-7H,4-5H2,1-3H3. The zero-order valence-corrected chi connectivity index (χ0v) is 9.47. The third-order valence-corrected chi connectivity index (χ3v) is 3.25. The minimum atomic E-state index is -0.601. The number of esters is 1. The van der Waals surface area contributed by atoms with Gasteiger partial charge in [-0.2, -0.15) is 0 Å². The molecule has 14 heavy (non-hydrogen) atoms. The van der Waals surface area contributed by atoms with E-state index in [1.54, 1.807) is 11.9 Å². The molecule has 0 saturated carbocycles. The highest BCUT2D eigenvalue weighted by Crippen LogP contribution is 2.23. The highest BCUT2D eigenvalue weighted by atomic mass is 32.2. The lowest BCUT2D eigenvalue weighted by Gasteiger charge is -2.32. The summed E-state index contributed by atoms with van der Waals surface area (Å²) in [6.07, 6.45) is 1.94. The minimum absolute atomic E-state index is 0.00199. The molecule has 0 N–H and O–H groups in total. The summed E-state index contributed by atoms with van der Waals surface area (Å²) >= 11 is 1.56. The van der Waals surface area contributed by atoms with Gasteiger partial charge < -0.3 is 4.74 Å². The Balaban J connectivity index is 2.72. The Bertz CT molecular complexity index is 244. The van der Waals surface area contributed by atoms with Crippen LogP contribution in [0.25, 0.3) is 0 Å². The molecule has 5 heteroatoms. The van der Waals surface area contributed by atoms with E-state index in [2.05, 4.69) is 4.74 Å². The number of ketones is 1. The summed E-state index contributed by atoms with van der Waals surface area (Å²) in [6.45, 7) is 3.03. The van der Waals surface area contributed by atoms with Crippen molar-refractivity contribution in [2.75, 3.05) is 26.5 Å². The summed E-state index contributed by atoms with van der Waals surface area (Å²) in [5.41, 5.74) is 0. The van der Waals surface area contributed by atoms with Crippen molar-refractivity contribution in [2.45, 2.75) is 6.92 Å². The van der Waals surface area contributed by atoms with Crippen LogP contribution < -0.4 is 0 Å². The van der Waals surface area contributed by atoms with Gasteiger partial charge in [0.05, 0.1) is 7.11 Å². The normalized spacial score (nSPS) is 28.9. The van der Waals surface area contributed by atoms with Gasteiger partial charge in [-0.05, 0) is 6.26 Å². The van der Waals surface area contributed by atoms with Crippen molar-refractivity contribution in [1.29, 1.82) is 0 Å². The highest BCUT2D eigenvalue weighted by molar-refractivity contribution is 7.96. The van der Waals surface area contributed by atoms with Gasteiger partial charge in [0.2, 0.25) is 0 Å². The van der Waals surface area contributed by atoms with Gasteiger partial charge in [0.15, 0.2) is 5.78 Å². The summed E-state index contributed by atoms with van der Waals surface area (Å²) in [6, 6.07) is 0. The fourth-order valence-corrected chi connectivity index (χ4v) is 2.26. The van der Waals surface area contributed by atoms with Crippen LogP contribution in [-0.2, 0) is 14.3 Å². The van der Waals surface area contributed by atoms with Gasteiger partial charge in [0.25, 0.3) is 0 Å². The van der Waals surface area contributed by atoms with Gasteiger partial charge in [-0.15, -0.1) is 0 Å². The second-order valence-corrected chi connectivity index (χ2v) is 4.29. The molecule has 1 aliphatic heterocycles. The lowest BCUT2D eigenvalue weighted by molar-refractivity contribution is -0.152. The Morgan fingerprint density at radius 3 is 2.71 bits per heavy atom.